The molecule has 0 aliphatic carbocycles. The average Bonchev–Trinajstić information content (AvgIpc) is 2.62. The molecule has 2 N–H and O–H groups in total. The standard InChI is InChI=1S/C19H18N4O2S/c1-13-9-15(12-22-18(13)14-5-4-8-21-11-14)19(24)23-16-6-3-7-17(10-16)26(2,20)25/h3-12,20H,1-2H3,(H,23,24). The maximum Gasteiger partial charge on any atom is 0.257 e. The molecule has 0 aliphatic heterocycles. The Morgan fingerprint density at radius 1 is 1.15 bits per heavy atom. The van der Waals surface area contributed by atoms with Gasteiger partial charge < -0.3 is 5.32 Å². The highest BCUT2D eigenvalue weighted by Crippen LogP contribution is 2.21. The van der Waals surface area contributed by atoms with Crippen molar-refractivity contribution in [1.82, 2.24) is 9.97 Å². The van der Waals surface area contributed by atoms with Gasteiger partial charge in [0.05, 0.1) is 21.0 Å². The minimum absolute atomic E-state index is 0.317. The Morgan fingerprint density at radius 3 is 2.62 bits per heavy atom. The van der Waals surface area contributed by atoms with E-state index >= 15 is 0 Å². The molecule has 132 valence electrons. The summed E-state index contributed by atoms with van der Waals surface area (Å²) in [6.45, 7) is 1.89. The molecule has 3 aromatic rings. The Balaban J connectivity index is 1.84. The maximum atomic E-state index is 12.5. The molecule has 0 saturated carbocycles. The number of pyridine rings is 2. The van der Waals surface area contributed by atoms with Gasteiger partial charge in [-0.2, -0.15) is 0 Å². The van der Waals surface area contributed by atoms with E-state index in [1.807, 2.05) is 19.1 Å². The van der Waals surface area contributed by atoms with Crippen molar-refractivity contribution in [3.8, 4) is 11.3 Å². The Morgan fingerprint density at radius 2 is 1.96 bits per heavy atom. The summed E-state index contributed by atoms with van der Waals surface area (Å²) in [6, 6.07) is 12.0. The molecular weight excluding hydrogens is 348 g/mol. The Hall–Kier alpha value is -3.06. The first-order valence-electron chi connectivity index (χ1n) is 7.87. The predicted octanol–water partition coefficient (Wildman–Crippen LogP) is 3.74. The monoisotopic (exact) mass is 366 g/mol. The number of aromatic nitrogens is 2. The van der Waals surface area contributed by atoms with Gasteiger partial charge in [0.1, 0.15) is 0 Å². The van der Waals surface area contributed by atoms with Gasteiger partial charge in [-0.3, -0.25) is 14.8 Å². The molecule has 0 radical (unpaired) electrons. The molecule has 1 unspecified atom stereocenters. The fraction of sp³-hybridized carbons (Fsp3) is 0.105. The number of nitrogens with one attached hydrogen (secondary N) is 2. The molecule has 2 aromatic heterocycles. The predicted molar refractivity (Wildman–Crippen MR) is 102 cm³/mol. The van der Waals surface area contributed by atoms with Gasteiger partial charge in [-0.15, -0.1) is 0 Å². The van der Waals surface area contributed by atoms with Crippen LogP contribution in [0.5, 0.6) is 0 Å². The summed E-state index contributed by atoms with van der Waals surface area (Å²) in [7, 11) is -2.84. The summed E-state index contributed by atoms with van der Waals surface area (Å²) in [6.07, 6.45) is 6.28. The van der Waals surface area contributed by atoms with Crippen LogP contribution in [-0.4, -0.2) is 26.3 Å². The van der Waals surface area contributed by atoms with Crippen molar-refractivity contribution in [1.29, 1.82) is 4.78 Å². The van der Waals surface area contributed by atoms with Crippen molar-refractivity contribution in [2.24, 2.45) is 0 Å². The van der Waals surface area contributed by atoms with Crippen LogP contribution < -0.4 is 5.32 Å². The van der Waals surface area contributed by atoms with Crippen LogP contribution in [0.2, 0.25) is 0 Å². The normalized spacial score (nSPS) is 13.0. The number of aryl methyl sites for hydroxylation is 1. The van der Waals surface area contributed by atoms with Crippen LogP contribution in [0.25, 0.3) is 11.3 Å². The molecule has 1 aromatic carbocycles. The molecule has 0 bridgehead atoms. The van der Waals surface area contributed by atoms with Gasteiger partial charge in [0.25, 0.3) is 5.91 Å². The van der Waals surface area contributed by atoms with Gasteiger partial charge in [-0.05, 0) is 48.9 Å². The zero-order valence-corrected chi connectivity index (χ0v) is 15.2. The number of carbonyl (C=O) groups excluding carboxylic acids is 1. The molecule has 2 heterocycles. The van der Waals surface area contributed by atoms with Crippen molar-refractivity contribution in [3.05, 3.63) is 72.2 Å². The van der Waals surface area contributed by atoms with Crippen LogP contribution in [0.3, 0.4) is 0 Å². The van der Waals surface area contributed by atoms with Crippen LogP contribution >= 0.6 is 0 Å². The van der Waals surface area contributed by atoms with E-state index in [1.165, 1.54) is 12.5 Å². The van der Waals surface area contributed by atoms with Crippen molar-refractivity contribution in [2.45, 2.75) is 11.8 Å². The topological polar surface area (TPSA) is 95.8 Å². The van der Waals surface area contributed by atoms with Crippen LogP contribution in [0.1, 0.15) is 15.9 Å². The lowest BCUT2D eigenvalue weighted by atomic mass is 10.1. The first-order chi connectivity index (χ1) is 12.3. The molecule has 26 heavy (non-hydrogen) atoms. The summed E-state index contributed by atoms with van der Waals surface area (Å²) < 4.78 is 19.5. The van der Waals surface area contributed by atoms with E-state index in [9.17, 15) is 9.00 Å². The second kappa shape index (κ2) is 7.05. The molecule has 1 amide bonds. The number of rotatable bonds is 4. The van der Waals surface area contributed by atoms with Gasteiger partial charge in [0, 0.05) is 41.0 Å². The molecule has 0 fully saturated rings. The highest BCUT2D eigenvalue weighted by atomic mass is 32.2. The fourth-order valence-corrected chi connectivity index (χ4v) is 3.21. The van der Waals surface area contributed by atoms with E-state index in [-0.39, 0.29) is 5.91 Å². The maximum absolute atomic E-state index is 12.5. The van der Waals surface area contributed by atoms with Gasteiger partial charge in [-0.1, -0.05) is 6.07 Å². The van der Waals surface area contributed by atoms with E-state index in [2.05, 4.69) is 15.3 Å². The van der Waals surface area contributed by atoms with Gasteiger partial charge in [0.15, 0.2) is 0 Å². The third-order valence-corrected chi connectivity index (χ3v) is 4.97. The van der Waals surface area contributed by atoms with Gasteiger partial charge in [0.2, 0.25) is 0 Å². The summed E-state index contributed by atoms with van der Waals surface area (Å²) in [5.74, 6) is -0.317. The summed E-state index contributed by atoms with van der Waals surface area (Å²) in [5.41, 5.74) is 3.43. The molecule has 7 heteroatoms. The minimum Gasteiger partial charge on any atom is -0.322 e. The van der Waals surface area contributed by atoms with Crippen LogP contribution in [-0.2, 0) is 9.73 Å². The smallest absolute Gasteiger partial charge is 0.257 e. The van der Waals surface area contributed by atoms with E-state index in [4.69, 9.17) is 4.78 Å². The molecule has 0 saturated heterocycles. The molecule has 0 spiro atoms. The zero-order valence-electron chi connectivity index (χ0n) is 14.4. The van der Waals surface area contributed by atoms with Crippen molar-refractivity contribution in [3.63, 3.8) is 0 Å². The number of hydrogen-bond acceptors (Lipinski definition) is 5. The lowest BCUT2D eigenvalue weighted by molar-refractivity contribution is 0.102. The fourth-order valence-electron chi connectivity index (χ4n) is 2.52. The average molecular weight is 366 g/mol. The first kappa shape index (κ1) is 17.8. The van der Waals surface area contributed by atoms with Crippen LogP contribution in [0.15, 0.2) is 66.0 Å². The second-order valence-electron chi connectivity index (χ2n) is 5.96. The molecule has 6 nitrogen and oxygen atoms in total. The van der Waals surface area contributed by atoms with Crippen molar-refractivity contribution >= 4 is 21.3 Å². The third-order valence-electron chi connectivity index (χ3n) is 3.82. The van der Waals surface area contributed by atoms with Crippen molar-refractivity contribution in [2.75, 3.05) is 11.6 Å². The number of nitrogens with zero attached hydrogens (tertiary/aromatic N) is 2. The van der Waals surface area contributed by atoms with E-state index in [1.54, 1.807) is 42.7 Å². The summed E-state index contributed by atoms with van der Waals surface area (Å²) in [5, 5.41) is 2.76. The largest absolute Gasteiger partial charge is 0.322 e. The van der Waals surface area contributed by atoms with Crippen LogP contribution in [0.4, 0.5) is 5.69 Å². The number of carbonyl (C=O) groups is 1. The van der Waals surface area contributed by atoms with Gasteiger partial charge in [-0.25, -0.2) is 8.99 Å². The highest BCUT2D eigenvalue weighted by molar-refractivity contribution is 7.91. The van der Waals surface area contributed by atoms with E-state index in [0.29, 0.717) is 16.1 Å². The molecule has 0 aliphatic rings. The van der Waals surface area contributed by atoms with E-state index in [0.717, 1.165) is 16.8 Å². The SMILES string of the molecule is Cc1cc(C(=O)Nc2cccc(S(C)(=N)=O)c2)cnc1-c1cccnc1. The molecular formula is C19H18N4O2S. The molecule has 3 rings (SSSR count). The minimum atomic E-state index is -2.84. The Labute approximate surface area is 152 Å². The quantitative estimate of drug-likeness (QED) is 0.735. The number of hydrogen-bond donors (Lipinski definition) is 2. The number of anilines is 1. The van der Waals surface area contributed by atoms with E-state index < -0.39 is 9.73 Å². The summed E-state index contributed by atoms with van der Waals surface area (Å²) in [4.78, 5) is 21.3. The zero-order chi connectivity index (χ0) is 18.7. The first-order valence-corrected chi connectivity index (χ1v) is 9.83. The number of benzene rings is 1. The highest BCUT2D eigenvalue weighted by Gasteiger charge is 2.12. The lowest BCUT2D eigenvalue weighted by Gasteiger charge is -2.10. The summed E-state index contributed by atoms with van der Waals surface area (Å²) >= 11 is 0. The van der Waals surface area contributed by atoms with Crippen LogP contribution in [0, 0.1) is 11.7 Å². The molecule has 1 atom stereocenters. The Kier molecular flexibility index (Phi) is 4.81. The number of amides is 1. The Bertz CT molecular complexity index is 1060. The second-order valence-corrected chi connectivity index (χ2v) is 8.12. The van der Waals surface area contributed by atoms with Gasteiger partial charge >= 0.3 is 0 Å². The lowest BCUT2D eigenvalue weighted by Crippen LogP contribution is -2.13. The third kappa shape index (κ3) is 3.94. The van der Waals surface area contributed by atoms with Crippen molar-refractivity contribution < 1.29 is 9.00 Å².